The molecule has 4 nitrogen and oxygen atoms in total. The average molecular weight is 277 g/mol. The lowest BCUT2D eigenvalue weighted by atomic mass is 9.94. The monoisotopic (exact) mass is 276 g/mol. The summed E-state index contributed by atoms with van der Waals surface area (Å²) in [4.78, 5) is 22.3. The number of aromatic carboxylic acids is 2. The first-order chi connectivity index (χ1) is 8.61. The van der Waals surface area contributed by atoms with Crippen molar-refractivity contribution in [1.82, 2.24) is 0 Å². The fraction of sp³-hybridized carbons (Fsp3) is 0. The van der Waals surface area contributed by atoms with E-state index in [9.17, 15) is 14.7 Å². The molecule has 1 aliphatic carbocycles. The molecule has 0 radical (unpaired) electrons. The zero-order valence-electron chi connectivity index (χ0n) is 9.58. The van der Waals surface area contributed by atoms with Crippen molar-refractivity contribution >= 4 is 24.3 Å². The van der Waals surface area contributed by atoms with Crippen LogP contribution in [0.5, 0.6) is 0 Å². The first-order valence-corrected chi connectivity index (χ1v) is 5.34. The van der Waals surface area contributed by atoms with E-state index < -0.39 is 11.9 Å². The van der Waals surface area contributed by atoms with Crippen molar-refractivity contribution in [3.05, 3.63) is 68.4 Å². The molecular weight excluding hydrogens is 268 g/mol. The summed E-state index contributed by atoms with van der Waals surface area (Å²) in [6.07, 6.45) is 0. The first-order valence-electron chi connectivity index (χ1n) is 5.34. The predicted octanol–water partition coefficient (Wildman–Crippen LogP) is 2.39. The molecule has 0 aliphatic heterocycles. The van der Waals surface area contributed by atoms with Crippen LogP contribution in [0.2, 0.25) is 0 Å². The van der Waals surface area contributed by atoms with Gasteiger partial charge in [0, 0.05) is 5.22 Å². The molecule has 3 rings (SSSR count). The van der Waals surface area contributed by atoms with Crippen LogP contribution in [0.1, 0.15) is 20.7 Å². The van der Waals surface area contributed by atoms with Gasteiger partial charge in [-0.3, -0.25) is 0 Å². The third-order valence-corrected chi connectivity index (χ3v) is 3.14. The molecule has 19 heavy (non-hydrogen) atoms. The minimum Gasteiger partial charge on any atom is -0.478 e. The zero-order chi connectivity index (χ0) is 12.9. The van der Waals surface area contributed by atoms with E-state index in [1.807, 2.05) is 12.1 Å². The highest BCUT2D eigenvalue weighted by atomic mass is 35.5. The molecule has 2 N–H and O–H groups in total. The van der Waals surface area contributed by atoms with Crippen molar-refractivity contribution < 1.29 is 19.8 Å². The van der Waals surface area contributed by atoms with Gasteiger partial charge in [-0.05, 0) is 21.7 Å². The highest BCUT2D eigenvalue weighted by molar-refractivity contribution is 6.02. The van der Waals surface area contributed by atoms with Crippen molar-refractivity contribution in [3.8, 4) is 0 Å². The number of hydrogen-bond donors (Lipinski definition) is 2. The van der Waals surface area contributed by atoms with Crippen molar-refractivity contribution in [3.63, 3.8) is 0 Å². The van der Waals surface area contributed by atoms with E-state index in [1.165, 1.54) is 6.07 Å². The minimum absolute atomic E-state index is 0. The number of carboxylic acids is 2. The van der Waals surface area contributed by atoms with E-state index in [0.29, 0.717) is 5.22 Å². The molecule has 0 saturated heterocycles. The Balaban J connectivity index is 0.00000133. The van der Waals surface area contributed by atoms with Crippen LogP contribution < -0.4 is 0 Å². The standard InChI is InChI=1S/C14H8O4.ClH/c15-13(16)10-6-5-9-7-3-1-2-4-8(7)11(9)12(10)14(17)18;/h1-6H,(H,15,16)(H,17,18);1H. The average Bonchev–Trinajstić information content (AvgIpc) is 2.33. The summed E-state index contributed by atoms with van der Waals surface area (Å²) in [6.45, 7) is 0. The Morgan fingerprint density at radius 1 is 0.789 bits per heavy atom. The summed E-state index contributed by atoms with van der Waals surface area (Å²) in [5.41, 5.74) is -0.297. The summed E-state index contributed by atoms with van der Waals surface area (Å²) in [5, 5.41) is 21.3. The lowest BCUT2D eigenvalue weighted by Gasteiger charge is -2.09. The predicted molar refractivity (Wildman–Crippen MR) is 69.4 cm³/mol. The summed E-state index contributed by atoms with van der Waals surface area (Å²) < 4.78 is 0. The van der Waals surface area contributed by atoms with Crippen LogP contribution in [0.4, 0.5) is 0 Å². The molecule has 0 bridgehead atoms. The highest BCUT2D eigenvalue weighted by Crippen LogP contribution is 2.20. The Bertz CT molecular complexity index is 887. The molecule has 5 heteroatoms. The van der Waals surface area contributed by atoms with Crippen LogP contribution in [0, 0.1) is 20.9 Å². The molecule has 0 unspecified atom stereocenters. The highest BCUT2D eigenvalue weighted by Gasteiger charge is 2.20. The van der Waals surface area contributed by atoms with Gasteiger partial charge < -0.3 is 10.2 Å². The second-order valence-electron chi connectivity index (χ2n) is 4.07. The van der Waals surface area contributed by atoms with E-state index in [0.717, 1.165) is 15.7 Å². The van der Waals surface area contributed by atoms with Gasteiger partial charge in [-0.2, -0.15) is 0 Å². The largest absolute Gasteiger partial charge is 0.478 e. The van der Waals surface area contributed by atoms with E-state index in [2.05, 4.69) is 0 Å². The molecule has 0 amide bonds. The van der Waals surface area contributed by atoms with E-state index >= 15 is 0 Å². The summed E-state index contributed by atoms with van der Waals surface area (Å²) >= 11 is 0. The molecule has 2 aromatic carbocycles. The first kappa shape index (κ1) is 13.1. The zero-order valence-corrected chi connectivity index (χ0v) is 10.4. The number of carbonyl (C=O) groups is 2. The van der Waals surface area contributed by atoms with Crippen molar-refractivity contribution in [1.29, 1.82) is 0 Å². The van der Waals surface area contributed by atoms with Gasteiger partial charge >= 0.3 is 11.9 Å². The fourth-order valence-electron chi connectivity index (χ4n) is 2.38. The Kier molecular flexibility index (Phi) is 3.04. The third-order valence-electron chi connectivity index (χ3n) is 3.14. The normalized spacial score (nSPS) is 10.5. The van der Waals surface area contributed by atoms with Gasteiger partial charge in [-0.25, -0.2) is 9.59 Å². The summed E-state index contributed by atoms with van der Waals surface area (Å²) in [7, 11) is 0. The van der Waals surface area contributed by atoms with Crippen LogP contribution in [0.15, 0.2) is 36.4 Å². The molecular formula is C14H9ClO4. The molecule has 0 atom stereocenters. The number of hydrogen-bond acceptors (Lipinski definition) is 2. The van der Waals surface area contributed by atoms with Gasteiger partial charge in [0.1, 0.15) is 0 Å². The SMILES string of the molecule is Cl.O=C(O)c1ccc2c(c1C(=O)O)=c1ccccc1=2. The van der Waals surface area contributed by atoms with Crippen molar-refractivity contribution in [2.45, 2.75) is 0 Å². The minimum atomic E-state index is -1.22. The van der Waals surface area contributed by atoms with Gasteiger partial charge in [0.05, 0.1) is 11.1 Å². The van der Waals surface area contributed by atoms with E-state index in [1.54, 1.807) is 18.2 Å². The maximum Gasteiger partial charge on any atom is 0.337 e. The van der Waals surface area contributed by atoms with Crippen molar-refractivity contribution in [2.75, 3.05) is 0 Å². The van der Waals surface area contributed by atoms with Crippen LogP contribution in [-0.4, -0.2) is 22.2 Å². The maximum absolute atomic E-state index is 11.3. The van der Waals surface area contributed by atoms with Crippen molar-refractivity contribution in [2.24, 2.45) is 0 Å². The van der Waals surface area contributed by atoms with Crippen LogP contribution >= 0.6 is 12.4 Å². The topological polar surface area (TPSA) is 74.6 Å². The smallest absolute Gasteiger partial charge is 0.337 e. The number of benzene rings is 2. The third kappa shape index (κ3) is 1.69. The number of carboxylic acid groups (broad SMARTS) is 2. The summed E-state index contributed by atoms with van der Waals surface area (Å²) in [5.74, 6) is -2.43. The molecule has 0 aromatic heterocycles. The van der Waals surface area contributed by atoms with Crippen LogP contribution in [0.25, 0.3) is 0 Å². The Morgan fingerprint density at radius 2 is 1.42 bits per heavy atom. The number of fused-ring (bicyclic) bond motifs is 2. The van der Waals surface area contributed by atoms with Gasteiger partial charge in [0.2, 0.25) is 0 Å². The molecule has 96 valence electrons. The Labute approximate surface area is 113 Å². The second kappa shape index (κ2) is 4.40. The molecule has 1 aliphatic rings. The van der Waals surface area contributed by atoms with Crippen LogP contribution in [-0.2, 0) is 0 Å². The molecule has 0 heterocycles. The molecule has 0 fully saturated rings. The van der Waals surface area contributed by atoms with E-state index in [4.69, 9.17) is 5.11 Å². The Morgan fingerprint density at radius 3 is 2.00 bits per heavy atom. The van der Waals surface area contributed by atoms with Gasteiger partial charge in [-0.1, -0.05) is 30.3 Å². The molecule has 2 aromatic rings. The van der Waals surface area contributed by atoms with Gasteiger partial charge in [-0.15, -0.1) is 12.4 Å². The number of rotatable bonds is 2. The van der Waals surface area contributed by atoms with Crippen LogP contribution in [0.3, 0.4) is 0 Å². The van der Waals surface area contributed by atoms with E-state index in [-0.39, 0.29) is 23.5 Å². The Hall–Kier alpha value is -2.33. The lowest BCUT2D eigenvalue weighted by molar-refractivity contribution is 0.0650. The lowest BCUT2D eigenvalue weighted by Crippen LogP contribution is -2.12. The quantitative estimate of drug-likeness (QED) is 0.754. The maximum atomic E-state index is 11.3. The van der Waals surface area contributed by atoms with Gasteiger partial charge in [0.15, 0.2) is 0 Å². The fourth-order valence-corrected chi connectivity index (χ4v) is 2.38. The molecule has 0 spiro atoms. The number of halogens is 1. The van der Waals surface area contributed by atoms with Gasteiger partial charge in [0.25, 0.3) is 0 Å². The molecule has 0 saturated carbocycles. The summed E-state index contributed by atoms with van der Waals surface area (Å²) in [6, 6.07) is 10.4. The second-order valence-corrected chi connectivity index (χ2v) is 4.07.